The fourth-order valence-electron chi connectivity index (χ4n) is 2.69. The van der Waals surface area contributed by atoms with Crippen LogP contribution in [-0.2, 0) is 11.3 Å². The van der Waals surface area contributed by atoms with Crippen molar-refractivity contribution in [3.05, 3.63) is 65.0 Å². The summed E-state index contributed by atoms with van der Waals surface area (Å²) in [6, 6.07) is 13.5. The second-order valence-electron chi connectivity index (χ2n) is 6.56. The molecule has 3 aromatic rings. The molecule has 1 aromatic heterocycles. The van der Waals surface area contributed by atoms with Gasteiger partial charge in [-0.15, -0.1) is 0 Å². The lowest BCUT2D eigenvalue weighted by Crippen LogP contribution is -2.34. The molecule has 0 unspecified atom stereocenters. The Morgan fingerprint density at radius 3 is 2.32 bits per heavy atom. The maximum Gasteiger partial charge on any atom is 0.319 e. The Morgan fingerprint density at radius 2 is 1.64 bits per heavy atom. The zero-order valence-electron chi connectivity index (χ0n) is 15.6. The van der Waals surface area contributed by atoms with Crippen LogP contribution in [0.25, 0.3) is 10.9 Å². The quantitative estimate of drug-likeness (QED) is 0.633. The number of urea groups is 1. The molecular weight excluding hydrogens is 358 g/mol. The largest absolute Gasteiger partial charge is 0.336 e. The SMILES string of the molecule is CC(C)NC(=O)Nc1ccc(NC(=O)Cn2ncc(=O)c3ccccc32)cc1. The first-order chi connectivity index (χ1) is 13.4. The lowest BCUT2D eigenvalue weighted by molar-refractivity contribution is -0.116. The molecule has 0 aliphatic heterocycles. The summed E-state index contributed by atoms with van der Waals surface area (Å²) < 4.78 is 1.48. The molecule has 3 amide bonds. The molecule has 0 radical (unpaired) electrons. The van der Waals surface area contributed by atoms with E-state index in [-0.39, 0.29) is 30.0 Å². The molecule has 0 saturated heterocycles. The number of hydrogen-bond donors (Lipinski definition) is 3. The fraction of sp³-hybridized carbons (Fsp3) is 0.200. The van der Waals surface area contributed by atoms with Crippen LogP contribution < -0.4 is 21.4 Å². The van der Waals surface area contributed by atoms with E-state index in [0.29, 0.717) is 22.3 Å². The Balaban J connectivity index is 1.65. The van der Waals surface area contributed by atoms with E-state index in [0.717, 1.165) is 0 Å². The third kappa shape index (κ3) is 4.73. The van der Waals surface area contributed by atoms with Gasteiger partial charge in [-0.2, -0.15) is 5.10 Å². The molecule has 8 nitrogen and oxygen atoms in total. The zero-order valence-corrected chi connectivity index (χ0v) is 15.6. The first-order valence-electron chi connectivity index (χ1n) is 8.84. The highest BCUT2D eigenvalue weighted by Gasteiger charge is 2.09. The van der Waals surface area contributed by atoms with Crippen molar-refractivity contribution in [2.24, 2.45) is 0 Å². The van der Waals surface area contributed by atoms with Crippen molar-refractivity contribution < 1.29 is 9.59 Å². The Bertz CT molecular complexity index is 1060. The average molecular weight is 379 g/mol. The minimum absolute atomic E-state index is 0.0302. The monoisotopic (exact) mass is 379 g/mol. The minimum atomic E-state index is -0.289. The van der Waals surface area contributed by atoms with Crippen LogP contribution in [-0.4, -0.2) is 27.8 Å². The molecule has 0 aliphatic carbocycles. The molecule has 0 spiro atoms. The smallest absolute Gasteiger partial charge is 0.319 e. The number of carbonyl (C=O) groups is 2. The molecule has 0 bridgehead atoms. The first-order valence-corrected chi connectivity index (χ1v) is 8.84. The maximum absolute atomic E-state index is 12.4. The molecule has 3 N–H and O–H groups in total. The Hall–Kier alpha value is -3.68. The van der Waals surface area contributed by atoms with Crippen LogP contribution in [0, 0.1) is 0 Å². The number of amides is 3. The number of fused-ring (bicyclic) bond motifs is 1. The van der Waals surface area contributed by atoms with Crippen LogP contribution in [0.1, 0.15) is 13.8 Å². The summed E-state index contributed by atoms with van der Waals surface area (Å²) in [5, 5.41) is 12.8. The molecule has 0 aliphatic rings. The lowest BCUT2D eigenvalue weighted by atomic mass is 10.2. The molecule has 0 fully saturated rings. The van der Waals surface area contributed by atoms with Gasteiger partial charge in [0.05, 0.1) is 11.7 Å². The van der Waals surface area contributed by atoms with E-state index in [1.165, 1.54) is 10.9 Å². The maximum atomic E-state index is 12.4. The van der Waals surface area contributed by atoms with Gasteiger partial charge in [-0.25, -0.2) is 4.79 Å². The Morgan fingerprint density at radius 1 is 1.00 bits per heavy atom. The number of rotatable bonds is 5. The zero-order chi connectivity index (χ0) is 20.1. The van der Waals surface area contributed by atoms with E-state index in [1.54, 1.807) is 48.5 Å². The number of carbonyl (C=O) groups excluding carboxylic acids is 2. The lowest BCUT2D eigenvalue weighted by Gasteiger charge is -2.12. The molecule has 3 rings (SSSR count). The van der Waals surface area contributed by atoms with Crippen LogP contribution in [0.3, 0.4) is 0 Å². The van der Waals surface area contributed by atoms with Gasteiger partial charge >= 0.3 is 6.03 Å². The number of para-hydroxylation sites is 1. The van der Waals surface area contributed by atoms with Gasteiger partial charge in [0.15, 0.2) is 0 Å². The van der Waals surface area contributed by atoms with E-state index in [1.807, 2.05) is 13.8 Å². The Labute approximate surface area is 161 Å². The number of aromatic nitrogens is 2. The summed E-state index contributed by atoms with van der Waals surface area (Å²) in [5.41, 5.74) is 1.62. The first kappa shape index (κ1) is 19.1. The number of nitrogens with zero attached hydrogens (tertiary/aromatic N) is 2. The summed E-state index contributed by atoms with van der Waals surface area (Å²) >= 11 is 0. The van der Waals surface area contributed by atoms with E-state index >= 15 is 0 Å². The van der Waals surface area contributed by atoms with Crippen LogP contribution in [0.15, 0.2) is 59.5 Å². The van der Waals surface area contributed by atoms with Crippen molar-refractivity contribution >= 4 is 34.2 Å². The van der Waals surface area contributed by atoms with Crippen molar-refractivity contribution in [2.75, 3.05) is 10.6 Å². The molecule has 0 saturated carbocycles. The summed E-state index contributed by atoms with van der Waals surface area (Å²) in [6.07, 6.45) is 1.21. The van der Waals surface area contributed by atoms with Gasteiger partial charge in [0.25, 0.3) is 0 Å². The van der Waals surface area contributed by atoms with E-state index in [9.17, 15) is 14.4 Å². The van der Waals surface area contributed by atoms with E-state index < -0.39 is 0 Å². The molecule has 144 valence electrons. The Kier molecular flexibility index (Phi) is 5.69. The second kappa shape index (κ2) is 8.34. The molecule has 8 heteroatoms. The summed E-state index contributed by atoms with van der Waals surface area (Å²) in [7, 11) is 0. The third-order valence-electron chi connectivity index (χ3n) is 3.90. The highest BCUT2D eigenvalue weighted by molar-refractivity contribution is 5.93. The van der Waals surface area contributed by atoms with Crippen LogP contribution in [0.2, 0.25) is 0 Å². The summed E-state index contributed by atoms with van der Waals surface area (Å²) in [5.74, 6) is -0.278. The molecule has 1 heterocycles. The van der Waals surface area contributed by atoms with Crippen LogP contribution in [0.5, 0.6) is 0 Å². The molecule has 2 aromatic carbocycles. The third-order valence-corrected chi connectivity index (χ3v) is 3.90. The van der Waals surface area contributed by atoms with Gasteiger partial charge in [-0.1, -0.05) is 12.1 Å². The van der Waals surface area contributed by atoms with Gasteiger partial charge in [-0.3, -0.25) is 14.3 Å². The van der Waals surface area contributed by atoms with Crippen LogP contribution in [0.4, 0.5) is 16.2 Å². The predicted molar refractivity (Wildman–Crippen MR) is 108 cm³/mol. The van der Waals surface area contributed by atoms with Gasteiger partial charge in [0.1, 0.15) is 6.54 Å². The van der Waals surface area contributed by atoms with E-state index in [2.05, 4.69) is 21.0 Å². The molecule has 28 heavy (non-hydrogen) atoms. The summed E-state index contributed by atoms with van der Waals surface area (Å²) in [6.45, 7) is 3.72. The number of anilines is 2. The molecule has 0 atom stereocenters. The number of nitrogens with one attached hydrogen (secondary N) is 3. The summed E-state index contributed by atoms with van der Waals surface area (Å²) in [4.78, 5) is 35.9. The normalized spacial score (nSPS) is 10.7. The van der Waals surface area contributed by atoms with Crippen molar-refractivity contribution in [1.29, 1.82) is 0 Å². The predicted octanol–water partition coefficient (Wildman–Crippen LogP) is 2.57. The highest BCUT2D eigenvalue weighted by atomic mass is 16.2. The number of benzene rings is 2. The fourth-order valence-corrected chi connectivity index (χ4v) is 2.69. The van der Waals surface area contributed by atoms with Gasteiger partial charge in [-0.05, 0) is 50.2 Å². The highest BCUT2D eigenvalue weighted by Crippen LogP contribution is 2.14. The van der Waals surface area contributed by atoms with Gasteiger partial charge in [0.2, 0.25) is 11.3 Å². The van der Waals surface area contributed by atoms with Gasteiger partial charge in [0, 0.05) is 22.8 Å². The second-order valence-corrected chi connectivity index (χ2v) is 6.56. The van der Waals surface area contributed by atoms with Crippen molar-refractivity contribution in [1.82, 2.24) is 15.1 Å². The van der Waals surface area contributed by atoms with Gasteiger partial charge < -0.3 is 16.0 Å². The minimum Gasteiger partial charge on any atom is -0.336 e. The molecular formula is C20H21N5O3. The number of hydrogen-bond acceptors (Lipinski definition) is 4. The average Bonchev–Trinajstić information content (AvgIpc) is 2.65. The van der Waals surface area contributed by atoms with Crippen molar-refractivity contribution in [3.8, 4) is 0 Å². The van der Waals surface area contributed by atoms with E-state index in [4.69, 9.17) is 0 Å². The van der Waals surface area contributed by atoms with Crippen LogP contribution >= 0.6 is 0 Å². The van der Waals surface area contributed by atoms with Crippen molar-refractivity contribution in [2.45, 2.75) is 26.4 Å². The van der Waals surface area contributed by atoms with Crippen molar-refractivity contribution in [3.63, 3.8) is 0 Å². The topological polar surface area (TPSA) is 105 Å². The standard InChI is InChI=1S/C20H21N5O3/c1-13(2)22-20(28)24-15-9-7-14(8-10-15)23-19(27)12-25-17-6-4-3-5-16(17)18(26)11-21-25/h3-11,13H,12H2,1-2H3,(H,23,27)(H2,22,24,28).